The summed E-state index contributed by atoms with van der Waals surface area (Å²) in [5, 5.41) is 0. The van der Waals surface area contributed by atoms with Crippen LogP contribution in [0.25, 0.3) is 0 Å². The molecule has 0 aliphatic carbocycles. The monoisotopic (exact) mass is 402 g/mol. The predicted molar refractivity (Wildman–Crippen MR) is 79.9 cm³/mol. The van der Waals surface area contributed by atoms with Gasteiger partial charge in [0.2, 0.25) is 0 Å². The van der Waals surface area contributed by atoms with Crippen LogP contribution in [0.1, 0.15) is 61.8 Å². The summed E-state index contributed by atoms with van der Waals surface area (Å²) in [4.78, 5) is 0. The Morgan fingerprint density at radius 2 is 1.00 bits per heavy atom. The number of hydrogen-bond donors (Lipinski definition) is 0. The molecule has 0 saturated carbocycles. The Labute approximate surface area is 148 Å². The lowest BCUT2D eigenvalue weighted by Gasteiger charge is -2.47. The van der Waals surface area contributed by atoms with Gasteiger partial charge in [-0.15, -0.1) is 0 Å². The van der Waals surface area contributed by atoms with Gasteiger partial charge in [0.05, 0.1) is 5.60 Å². The maximum atomic E-state index is 14.8. The second-order valence-electron chi connectivity index (χ2n) is 8.25. The summed E-state index contributed by atoms with van der Waals surface area (Å²) in [6.45, 7) is 6.67. The first-order valence-electron chi connectivity index (χ1n) is 7.89. The van der Waals surface area contributed by atoms with Crippen LogP contribution in [-0.2, 0) is 9.47 Å². The van der Waals surface area contributed by atoms with Crippen molar-refractivity contribution in [2.45, 2.75) is 97.1 Å². The summed E-state index contributed by atoms with van der Waals surface area (Å²) >= 11 is 0. The molecule has 0 aromatic rings. The lowest BCUT2D eigenvalue weighted by Crippen LogP contribution is -2.67. The van der Waals surface area contributed by atoms with Gasteiger partial charge in [-0.2, -0.15) is 30.7 Å². The fourth-order valence-corrected chi connectivity index (χ4v) is 2.14. The van der Waals surface area contributed by atoms with Gasteiger partial charge in [0, 0.05) is 5.41 Å². The highest BCUT2D eigenvalue weighted by molar-refractivity contribution is 5.06. The van der Waals surface area contributed by atoms with E-state index in [2.05, 4.69) is 9.47 Å². The van der Waals surface area contributed by atoms with E-state index >= 15 is 0 Å². The van der Waals surface area contributed by atoms with Gasteiger partial charge in [0.15, 0.2) is 5.60 Å². The molecule has 1 atom stereocenters. The van der Waals surface area contributed by atoms with E-state index in [9.17, 15) is 35.1 Å². The highest BCUT2D eigenvalue weighted by Crippen LogP contribution is 2.58. The number of ether oxygens (including phenoxy) is 2. The van der Waals surface area contributed by atoms with E-state index < -0.39 is 47.1 Å². The molecule has 0 aromatic heterocycles. The van der Waals surface area contributed by atoms with Crippen LogP contribution < -0.4 is 0 Å². The van der Waals surface area contributed by atoms with Gasteiger partial charge in [-0.1, -0.05) is 20.8 Å². The molecule has 10 heteroatoms. The summed E-state index contributed by atoms with van der Waals surface area (Å²) in [7, 11) is 0. The molecule has 26 heavy (non-hydrogen) atoms. The van der Waals surface area contributed by atoms with Crippen molar-refractivity contribution in [3.63, 3.8) is 0 Å². The molecular formula is C16H26F8O2. The van der Waals surface area contributed by atoms with Gasteiger partial charge in [-0.3, -0.25) is 0 Å². The van der Waals surface area contributed by atoms with Gasteiger partial charge in [0.25, 0.3) is 5.67 Å². The molecule has 0 saturated heterocycles. The molecule has 2 nitrogen and oxygen atoms in total. The summed E-state index contributed by atoms with van der Waals surface area (Å²) in [6.07, 6.45) is -16.8. The van der Waals surface area contributed by atoms with Crippen LogP contribution in [0.2, 0.25) is 0 Å². The molecule has 0 fully saturated rings. The van der Waals surface area contributed by atoms with E-state index in [0.717, 1.165) is 6.92 Å². The predicted octanol–water partition coefficient (Wildman–Crippen LogP) is 6.49. The van der Waals surface area contributed by atoms with Crippen LogP contribution in [0.4, 0.5) is 35.1 Å². The number of hydrogen-bond acceptors (Lipinski definition) is 2. The molecule has 0 amide bonds. The second kappa shape index (κ2) is 6.76. The molecule has 0 radical (unpaired) electrons. The van der Waals surface area contributed by atoms with Gasteiger partial charge >= 0.3 is 18.4 Å². The van der Waals surface area contributed by atoms with E-state index in [1.807, 2.05) is 0 Å². The summed E-state index contributed by atoms with van der Waals surface area (Å²) in [5.41, 5.74) is -12.7. The zero-order valence-electron chi connectivity index (χ0n) is 16.0. The van der Waals surface area contributed by atoms with Crippen molar-refractivity contribution in [1.29, 1.82) is 0 Å². The highest BCUT2D eigenvalue weighted by atomic mass is 19.4. The van der Waals surface area contributed by atoms with Gasteiger partial charge in [-0.25, -0.2) is 4.39 Å². The third-order valence-electron chi connectivity index (χ3n) is 4.13. The Bertz CT molecular complexity index is 491. The van der Waals surface area contributed by atoms with Crippen LogP contribution in [0.5, 0.6) is 0 Å². The number of halogens is 8. The smallest absolute Gasteiger partial charge is 0.312 e. The molecule has 158 valence electrons. The van der Waals surface area contributed by atoms with E-state index in [4.69, 9.17) is 0 Å². The third kappa shape index (κ3) is 4.61. The quantitative estimate of drug-likeness (QED) is 0.453. The Morgan fingerprint density at radius 3 is 1.27 bits per heavy atom. The highest BCUT2D eigenvalue weighted by Gasteiger charge is 2.79. The normalized spacial score (nSPS) is 18.0. The fourth-order valence-electron chi connectivity index (χ4n) is 2.14. The second-order valence-corrected chi connectivity index (χ2v) is 8.25. The van der Waals surface area contributed by atoms with Crippen molar-refractivity contribution >= 4 is 0 Å². The van der Waals surface area contributed by atoms with Crippen LogP contribution >= 0.6 is 0 Å². The fraction of sp³-hybridized carbons (Fsp3) is 1.00. The van der Waals surface area contributed by atoms with Gasteiger partial charge in [0.1, 0.15) is 0 Å². The number of alkyl halides is 8. The molecular weight excluding hydrogens is 376 g/mol. The molecule has 0 heterocycles. The topological polar surface area (TPSA) is 18.5 Å². The van der Waals surface area contributed by atoms with E-state index in [-0.39, 0.29) is 0 Å². The average Bonchev–Trinajstić information content (AvgIpc) is 2.31. The van der Waals surface area contributed by atoms with Crippen molar-refractivity contribution < 1.29 is 44.6 Å². The van der Waals surface area contributed by atoms with E-state index in [1.54, 1.807) is 0 Å². The van der Waals surface area contributed by atoms with E-state index in [1.165, 1.54) is 20.8 Å². The molecule has 0 aliphatic rings. The average molecular weight is 402 g/mol. The van der Waals surface area contributed by atoms with E-state index in [0.29, 0.717) is 27.7 Å². The Kier molecular flexibility index (Phi) is 6.59. The molecule has 1 unspecified atom stereocenters. The zero-order chi connectivity index (χ0) is 21.6. The molecule has 0 rings (SSSR count). The minimum Gasteiger partial charge on any atom is -0.312 e. The lowest BCUT2D eigenvalue weighted by atomic mass is 9.72. The Hall–Kier alpha value is -0.640. The molecule has 0 aliphatic heterocycles. The molecule has 0 N–H and O–H groups in total. The summed E-state index contributed by atoms with van der Waals surface area (Å²) in [5.74, 6) is 0. The van der Waals surface area contributed by atoms with Crippen LogP contribution in [0, 0.1) is 5.41 Å². The van der Waals surface area contributed by atoms with Crippen molar-refractivity contribution in [2.24, 2.45) is 5.41 Å². The minimum atomic E-state index is -6.08. The van der Waals surface area contributed by atoms with Crippen molar-refractivity contribution in [3.8, 4) is 0 Å². The lowest BCUT2D eigenvalue weighted by molar-refractivity contribution is -0.463. The first-order valence-corrected chi connectivity index (χ1v) is 7.89. The summed E-state index contributed by atoms with van der Waals surface area (Å²) < 4.78 is 120. The largest absolute Gasteiger partial charge is 0.431 e. The van der Waals surface area contributed by atoms with Crippen molar-refractivity contribution in [1.82, 2.24) is 0 Å². The third-order valence-corrected chi connectivity index (χ3v) is 4.13. The maximum absolute atomic E-state index is 14.8. The standard InChI is InChI=1S/C16H26F8O2/c1-9-11(5,6)13(17,14(18,19)20)16(23,24)26-12(7,8)15(21,22)25-10(2,3)4/h9H2,1-8H3. The maximum Gasteiger partial charge on any atom is 0.431 e. The van der Waals surface area contributed by atoms with Crippen LogP contribution in [0.15, 0.2) is 0 Å². The first-order chi connectivity index (χ1) is 11.0. The Balaban J connectivity index is 6.14. The number of rotatable bonds is 7. The van der Waals surface area contributed by atoms with Gasteiger partial charge in [-0.05, 0) is 41.0 Å². The zero-order valence-corrected chi connectivity index (χ0v) is 16.0. The Morgan fingerprint density at radius 1 is 0.615 bits per heavy atom. The van der Waals surface area contributed by atoms with Gasteiger partial charge < -0.3 is 9.47 Å². The van der Waals surface area contributed by atoms with Crippen LogP contribution in [-0.4, -0.2) is 35.3 Å². The minimum absolute atomic E-state index is 0.405. The molecule has 0 spiro atoms. The molecule has 0 aromatic carbocycles. The first kappa shape index (κ1) is 25.4. The van der Waals surface area contributed by atoms with Crippen LogP contribution in [0.3, 0.4) is 0 Å². The van der Waals surface area contributed by atoms with Crippen molar-refractivity contribution in [2.75, 3.05) is 0 Å². The van der Waals surface area contributed by atoms with Crippen molar-refractivity contribution in [3.05, 3.63) is 0 Å². The summed E-state index contributed by atoms with van der Waals surface area (Å²) in [6, 6.07) is 0. The molecule has 0 bridgehead atoms. The SMILES string of the molecule is CCC(C)(C)C(F)(C(F)(F)F)C(F)(F)OC(C)(C)C(F)(F)OC(C)(C)C.